The molecule has 0 unspecified atom stereocenters. The van der Waals surface area contributed by atoms with E-state index >= 15 is 0 Å². The topological polar surface area (TPSA) is 85.1 Å². The normalized spacial score (nSPS) is 12.6. The Balaban J connectivity index is 2.91. The Hall–Kier alpha value is -0.500. The minimum absolute atomic E-state index is 0.176. The van der Waals surface area contributed by atoms with Gasteiger partial charge in [0.05, 0.1) is 5.69 Å². The monoisotopic (exact) mass is 305 g/mol. The molecule has 0 saturated heterocycles. The molecule has 0 aliphatic rings. The summed E-state index contributed by atoms with van der Waals surface area (Å²) in [6.07, 6.45) is 0.857. The first-order valence-corrected chi connectivity index (χ1v) is 8.92. The highest BCUT2D eigenvalue weighted by Crippen LogP contribution is 2.22. The van der Waals surface area contributed by atoms with E-state index in [0.29, 0.717) is 17.0 Å². The van der Waals surface area contributed by atoms with Crippen LogP contribution in [0.1, 0.15) is 43.3 Å². The Morgan fingerprint density at radius 2 is 1.95 bits per heavy atom. The SMILES string of the molecule is CC(C)Cc1nc(CS(N)(=O)=O)sc1CNC(C)C. The maximum Gasteiger partial charge on any atom is 0.215 e. The van der Waals surface area contributed by atoms with Crippen LogP contribution in [-0.4, -0.2) is 19.4 Å². The van der Waals surface area contributed by atoms with Gasteiger partial charge < -0.3 is 5.32 Å². The third kappa shape index (κ3) is 6.47. The molecule has 0 aliphatic carbocycles. The molecule has 110 valence electrons. The van der Waals surface area contributed by atoms with E-state index in [9.17, 15) is 8.42 Å². The second kappa shape index (κ2) is 6.78. The predicted octanol–water partition coefficient (Wildman–Crippen LogP) is 1.63. The van der Waals surface area contributed by atoms with Gasteiger partial charge in [-0.25, -0.2) is 18.5 Å². The first-order chi connectivity index (χ1) is 8.67. The Morgan fingerprint density at radius 3 is 2.42 bits per heavy atom. The lowest BCUT2D eigenvalue weighted by molar-refractivity contribution is 0.581. The van der Waals surface area contributed by atoms with Gasteiger partial charge >= 0.3 is 0 Å². The molecular formula is C12H23N3O2S2. The smallest absolute Gasteiger partial charge is 0.215 e. The largest absolute Gasteiger partial charge is 0.310 e. The zero-order chi connectivity index (χ0) is 14.6. The molecule has 0 radical (unpaired) electrons. The highest BCUT2D eigenvalue weighted by Gasteiger charge is 2.16. The van der Waals surface area contributed by atoms with Crippen molar-refractivity contribution in [2.24, 2.45) is 11.1 Å². The van der Waals surface area contributed by atoms with Crippen LogP contribution in [0.15, 0.2) is 0 Å². The fraction of sp³-hybridized carbons (Fsp3) is 0.750. The quantitative estimate of drug-likeness (QED) is 0.802. The molecule has 1 aromatic heterocycles. The molecule has 0 aliphatic heterocycles. The average molecular weight is 305 g/mol. The summed E-state index contributed by atoms with van der Waals surface area (Å²) in [6, 6.07) is 0.385. The van der Waals surface area contributed by atoms with Crippen molar-refractivity contribution in [3.05, 3.63) is 15.6 Å². The number of hydrogen-bond donors (Lipinski definition) is 2. The number of nitrogens with zero attached hydrogens (tertiary/aromatic N) is 1. The Kier molecular flexibility index (Phi) is 5.91. The van der Waals surface area contributed by atoms with Gasteiger partial charge in [0.15, 0.2) is 0 Å². The van der Waals surface area contributed by atoms with Crippen LogP contribution in [0.5, 0.6) is 0 Å². The zero-order valence-corrected chi connectivity index (χ0v) is 13.6. The van der Waals surface area contributed by atoms with Crippen LogP contribution < -0.4 is 10.5 Å². The molecule has 19 heavy (non-hydrogen) atoms. The number of nitrogens with two attached hydrogens (primary N) is 1. The molecule has 1 heterocycles. The van der Waals surface area contributed by atoms with Gasteiger partial charge in [-0.2, -0.15) is 0 Å². The Bertz CT molecular complexity index is 507. The maximum atomic E-state index is 11.1. The van der Waals surface area contributed by atoms with Crippen LogP contribution in [-0.2, 0) is 28.7 Å². The molecule has 1 aromatic rings. The van der Waals surface area contributed by atoms with E-state index in [0.717, 1.165) is 23.5 Å². The van der Waals surface area contributed by atoms with Gasteiger partial charge in [-0.15, -0.1) is 11.3 Å². The van der Waals surface area contributed by atoms with E-state index in [-0.39, 0.29) is 5.75 Å². The highest BCUT2D eigenvalue weighted by atomic mass is 32.2. The lowest BCUT2D eigenvalue weighted by atomic mass is 10.1. The molecule has 0 fully saturated rings. The molecule has 0 spiro atoms. The molecule has 0 amide bonds. The number of nitrogens with one attached hydrogen (secondary N) is 1. The van der Waals surface area contributed by atoms with E-state index in [1.54, 1.807) is 0 Å². The van der Waals surface area contributed by atoms with Gasteiger partial charge in [-0.1, -0.05) is 27.7 Å². The summed E-state index contributed by atoms with van der Waals surface area (Å²) in [5, 5.41) is 9.00. The number of aromatic nitrogens is 1. The second-order valence-electron chi connectivity index (χ2n) is 5.42. The van der Waals surface area contributed by atoms with Crippen LogP contribution in [0, 0.1) is 5.92 Å². The molecule has 5 nitrogen and oxygen atoms in total. The first-order valence-electron chi connectivity index (χ1n) is 6.38. The standard InChI is InChI=1S/C12H23N3O2S2/c1-8(2)5-10-11(6-14-9(3)4)18-12(15-10)7-19(13,16)17/h8-9,14H,5-7H2,1-4H3,(H2,13,16,17). The predicted molar refractivity (Wildman–Crippen MR) is 79.4 cm³/mol. The molecule has 0 aromatic carbocycles. The van der Waals surface area contributed by atoms with Crippen LogP contribution in [0.3, 0.4) is 0 Å². The number of rotatable bonds is 7. The van der Waals surface area contributed by atoms with E-state index < -0.39 is 10.0 Å². The van der Waals surface area contributed by atoms with Crippen molar-refractivity contribution in [1.29, 1.82) is 0 Å². The summed E-state index contributed by atoms with van der Waals surface area (Å²) < 4.78 is 22.3. The van der Waals surface area contributed by atoms with Gasteiger partial charge in [0.1, 0.15) is 10.8 Å². The number of hydrogen-bond acceptors (Lipinski definition) is 5. The molecule has 0 bridgehead atoms. The number of sulfonamides is 1. The summed E-state index contributed by atoms with van der Waals surface area (Å²) >= 11 is 1.44. The molecular weight excluding hydrogens is 282 g/mol. The minimum Gasteiger partial charge on any atom is -0.310 e. The van der Waals surface area contributed by atoms with Crippen molar-refractivity contribution in [1.82, 2.24) is 10.3 Å². The van der Waals surface area contributed by atoms with Crippen molar-refractivity contribution < 1.29 is 8.42 Å². The molecule has 0 saturated carbocycles. The summed E-state index contributed by atoms with van der Waals surface area (Å²) in [5.41, 5.74) is 0.992. The molecule has 0 atom stereocenters. The average Bonchev–Trinajstić information content (AvgIpc) is 2.53. The van der Waals surface area contributed by atoms with E-state index in [2.05, 4.69) is 38.0 Å². The van der Waals surface area contributed by atoms with Crippen LogP contribution in [0.25, 0.3) is 0 Å². The van der Waals surface area contributed by atoms with Crippen LogP contribution in [0.4, 0.5) is 0 Å². The van der Waals surface area contributed by atoms with E-state index in [4.69, 9.17) is 5.14 Å². The summed E-state index contributed by atoms with van der Waals surface area (Å²) in [6.45, 7) is 9.13. The summed E-state index contributed by atoms with van der Waals surface area (Å²) in [7, 11) is -3.51. The third-order valence-corrected chi connectivity index (χ3v) is 4.38. The Morgan fingerprint density at radius 1 is 1.32 bits per heavy atom. The first kappa shape index (κ1) is 16.6. The van der Waals surface area contributed by atoms with Gasteiger partial charge in [-0.05, 0) is 12.3 Å². The lowest BCUT2D eigenvalue weighted by Gasteiger charge is -2.08. The molecule has 3 N–H and O–H groups in total. The van der Waals surface area contributed by atoms with Gasteiger partial charge in [-0.3, -0.25) is 0 Å². The second-order valence-corrected chi connectivity index (χ2v) is 8.20. The zero-order valence-electron chi connectivity index (χ0n) is 11.9. The van der Waals surface area contributed by atoms with Gasteiger partial charge in [0, 0.05) is 17.5 Å². The highest BCUT2D eigenvalue weighted by molar-refractivity contribution is 7.88. The fourth-order valence-electron chi connectivity index (χ4n) is 1.65. The van der Waals surface area contributed by atoms with Crippen molar-refractivity contribution in [2.45, 2.75) is 52.5 Å². The molecule has 7 heteroatoms. The fourth-order valence-corrected chi connectivity index (χ4v) is 3.63. The number of primary sulfonamides is 1. The maximum absolute atomic E-state index is 11.1. The Labute approximate surface area is 119 Å². The van der Waals surface area contributed by atoms with E-state index in [1.807, 2.05) is 0 Å². The molecule has 1 rings (SSSR count). The van der Waals surface area contributed by atoms with Crippen molar-refractivity contribution in [3.8, 4) is 0 Å². The van der Waals surface area contributed by atoms with Crippen molar-refractivity contribution >= 4 is 21.4 Å². The van der Waals surface area contributed by atoms with Gasteiger partial charge in [0.2, 0.25) is 10.0 Å². The van der Waals surface area contributed by atoms with Crippen molar-refractivity contribution in [3.63, 3.8) is 0 Å². The summed E-state index contributed by atoms with van der Waals surface area (Å²) in [5.74, 6) is 0.312. The van der Waals surface area contributed by atoms with Crippen LogP contribution in [0.2, 0.25) is 0 Å². The van der Waals surface area contributed by atoms with Gasteiger partial charge in [0.25, 0.3) is 0 Å². The minimum atomic E-state index is -3.51. The van der Waals surface area contributed by atoms with Crippen LogP contribution >= 0.6 is 11.3 Å². The third-order valence-electron chi connectivity index (χ3n) is 2.42. The number of thiazole rings is 1. The van der Waals surface area contributed by atoms with Crippen molar-refractivity contribution in [2.75, 3.05) is 0 Å². The lowest BCUT2D eigenvalue weighted by Crippen LogP contribution is -2.22. The summed E-state index contributed by atoms with van der Waals surface area (Å²) in [4.78, 5) is 5.55. The van der Waals surface area contributed by atoms with E-state index in [1.165, 1.54) is 11.3 Å².